The van der Waals surface area contributed by atoms with Crippen LogP contribution < -0.4 is 9.46 Å². The molecule has 0 aliphatic carbocycles. The molecule has 2 rings (SSSR count). The largest absolute Gasteiger partial charge is 0.496 e. The van der Waals surface area contributed by atoms with Crippen molar-refractivity contribution in [2.45, 2.75) is 11.0 Å². The summed E-state index contributed by atoms with van der Waals surface area (Å²) in [5.41, 5.74) is 0.763. The van der Waals surface area contributed by atoms with Gasteiger partial charge in [-0.3, -0.25) is 0 Å². The molecule has 0 saturated heterocycles. The Bertz CT molecular complexity index is 764. The third-order valence-electron chi connectivity index (χ3n) is 3.36. The molecule has 0 heterocycles. The lowest BCUT2D eigenvalue weighted by Crippen LogP contribution is -2.29. The average molecular weight is 356 g/mol. The minimum atomic E-state index is -3.73. The smallest absolute Gasteiger partial charge is 0.242 e. The fourth-order valence-electron chi connectivity index (χ4n) is 2.18. The highest BCUT2D eigenvalue weighted by Gasteiger charge is 2.21. The zero-order valence-corrected chi connectivity index (χ0v) is 14.4. The zero-order valence-electron chi connectivity index (χ0n) is 12.8. The van der Waals surface area contributed by atoms with Crippen LogP contribution in [0.1, 0.15) is 11.7 Å². The molecule has 2 aromatic rings. The molecule has 23 heavy (non-hydrogen) atoms. The quantitative estimate of drug-likeness (QED) is 0.829. The molecule has 5 nitrogen and oxygen atoms in total. The SMILES string of the molecule is COc1ccccc1[C@H](CNS(=O)(=O)c1ccccc1Cl)OC. The second-order valence-corrected chi connectivity index (χ2v) is 6.89. The Labute approximate surface area is 141 Å². The van der Waals surface area contributed by atoms with E-state index < -0.39 is 16.1 Å². The molecule has 124 valence electrons. The predicted molar refractivity (Wildman–Crippen MR) is 89.4 cm³/mol. The summed E-state index contributed by atoms with van der Waals surface area (Å²) >= 11 is 5.95. The maximum atomic E-state index is 12.4. The second-order valence-electron chi connectivity index (χ2n) is 4.75. The Morgan fingerprint density at radius 2 is 1.74 bits per heavy atom. The van der Waals surface area contributed by atoms with Crippen LogP contribution in [0, 0.1) is 0 Å². The summed E-state index contributed by atoms with van der Waals surface area (Å²) in [5, 5.41) is 0.172. The van der Waals surface area contributed by atoms with E-state index in [0.717, 1.165) is 5.56 Å². The number of methoxy groups -OCH3 is 2. The molecule has 0 aliphatic heterocycles. The van der Waals surface area contributed by atoms with E-state index in [0.29, 0.717) is 5.75 Å². The maximum absolute atomic E-state index is 12.4. The van der Waals surface area contributed by atoms with Gasteiger partial charge in [-0.2, -0.15) is 0 Å². The summed E-state index contributed by atoms with van der Waals surface area (Å²) in [7, 11) is -0.657. The van der Waals surface area contributed by atoms with Gasteiger partial charge in [-0.1, -0.05) is 41.9 Å². The van der Waals surface area contributed by atoms with Gasteiger partial charge in [0.1, 0.15) is 10.6 Å². The number of nitrogens with one attached hydrogen (secondary N) is 1. The molecule has 2 aromatic carbocycles. The number of benzene rings is 2. The first-order valence-corrected chi connectivity index (χ1v) is 8.75. The maximum Gasteiger partial charge on any atom is 0.242 e. The van der Waals surface area contributed by atoms with Crippen LogP contribution in [0.3, 0.4) is 0 Å². The van der Waals surface area contributed by atoms with Gasteiger partial charge >= 0.3 is 0 Å². The molecule has 0 amide bonds. The molecule has 0 aromatic heterocycles. The summed E-state index contributed by atoms with van der Waals surface area (Å²) in [4.78, 5) is 0.0385. The number of sulfonamides is 1. The van der Waals surface area contributed by atoms with Crippen molar-refractivity contribution < 1.29 is 17.9 Å². The third-order valence-corrected chi connectivity index (χ3v) is 5.28. The number of halogens is 1. The van der Waals surface area contributed by atoms with Crippen LogP contribution in [-0.2, 0) is 14.8 Å². The van der Waals surface area contributed by atoms with Crippen molar-refractivity contribution in [3.63, 3.8) is 0 Å². The third kappa shape index (κ3) is 4.23. The molecular formula is C16H18ClNO4S. The van der Waals surface area contributed by atoms with Gasteiger partial charge in [0.05, 0.1) is 18.2 Å². The molecule has 1 atom stereocenters. The molecule has 0 spiro atoms. The Morgan fingerprint density at radius 3 is 2.39 bits per heavy atom. The number of hydrogen-bond acceptors (Lipinski definition) is 4. The Morgan fingerprint density at radius 1 is 1.09 bits per heavy atom. The molecule has 0 aliphatic rings. The number of ether oxygens (including phenoxy) is 2. The van der Waals surface area contributed by atoms with Crippen molar-refractivity contribution in [3.8, 4) is 5.75 Å². The summed E-state index contributed by atoms with van der Waals surface area (Å²) in [6.45, 7) is 0.0600. The first kappa shape index (κ1) is 17.7. The van der Waals surface area contributed by atoms with Crippen molar-refractivity contribution in [3.05, 3.63) is 59.1 Å². The van der Waals surface area contributed by atoms with Gasteiger partial charge in [0.25, 0.3) is 0 Å². The van der Waals surface area contributed by atoms with Crippen molar-refractivity contribution >= 4 is 21.6 Å². The van der Waals surface area contributed by atoms with Gasteiger partial charge in [0, 0.05) is 19.2 Å². The molecule has 1 N–H and O–H groups in total. The zero-order chi connectivity index (χ0) is 16.9. The molecule has 0 unspecified atom stereocenters. The minimum Gasteiger partial charge on any atom is -0.496 e. The first-order valence-electron chi connectivity index (χ1n) is 6.89. The summed E-state index contributed by atoms with van der Waals surface area (Å²) in [6, 6.07) is 13.6. The summed E-state index contributed by atoms with van der Waals surface area (Å²) in [5.74, 6) is 0.635. The van der Waals surface area contributed by atoms with Gasteiger partial charge in [-0.25, -0.2) is 13.1 Å². The van der Waals surface area contributed by atoms with Gasteiger partial charge in [-0.15, -0.1) is 0 Å². The van der Waals surface area contributed by atoms with Crippen molar-refractivity contribution in [1.29, 1.82) is 0 Å². The van der Waals surface area contributed by atoms with Crippen LogP contribution in [-0.4, -0.2) is 29.2 Å². The van der Waals surface area contributed by atoms with Gasteiger partial charge in [-0.05, 0) is 18.2 Å². The average Bonchev–Trinajstić information content (AvgIpc) is 2.56. The van der Waals surface area contributed by atoms with Crippen LogP contribution in [0.2, 0.25) is 5.02 Å². The van der Waals surface area contributed by atoms with E-state index in [1.807, 2.05) is 18.2 Å². The Kier molecular flexibility index (Phi) is 6.01. The van der Waals surface area contributed by atoms with E-state index in [1.165, 1.54) is 19.2 Å². The van der Waals surface area contributed by atoms with Crippen molar-refractivity contribution in [1.82, 2.24) is 4.72 Å². The highest BCUT2D eigenvalue weighted by Crippen LogP contribution is 2.27. The van der Waals surface area contributed by atoms with Gasteiger partial charge in [0.2, 0.25) is 10.0 Å². The van der Waals surface area contributed by atoms with Crippen LogP contribution in [0.5, 0.6) is 5.75 Å². The van der Waals surface area contributed by atoms with Crippen LogP contribution in [0.15, 0.2) is 53.4 Å². The standard InChI is InChI=1S/C16H18ClNO4S/c1-21-14-9-5-3-7-12(14)15(22-2)11-18-23(19,20)16-10-6-4-8-13(16)17/h3-10,15,18H,11H2,1-2H3/t15-/m0/s1. The van der Waals surface area contributed by atoms with E-state index >= 15 is 0 Å². The van der Waals surface area contributed by atoms with Crippen molar-refractivity contribution in [2.75, 3.05) is 20.8 Å². The number of rotatable bonds is 7. The van der Waals surface area contributed by atoms with E-state index in [1.54, 1.807) is 25.3 Å². The fraction of sp³-hybridized carbons (Fsp3) is 0.250. The lowest BCUT2D eigenvalue weighted by atomic mass is 10.1. The molecule has 7 heteroatoms. The normalized spacial score (nSPS) is 12.8. The number of hydrogen-bond donors (Lipinski definition) is 1. The van der Waals surface area contributed by atoms with E-state index in [-0.39, 0.29) is 16.5 Å². The summed E-state index contributed by atoms with van der Waals surface area (Å²) in [6.07, 6.45) is -0.483. The molecule has 0 fully saturated rings. The predicted octanol–water partition coefficient (Wildman–Crippen LogP) is 3.01. The van der Waals surface area contributed by atoms with Crippen molar-refractivity contribution in [2.24, 2.45) is 0 Å². The molecular weight excluding hydrogens is 338 g/mol. The fourth-order valence-corrected chi connectivity index (χ4v) is 3.73. The molecule has 0 radical (unpaired) electrons. The van der Waals surface area contributed by atoms with Crippen LogP contribution >= 0.6 is 11.6 Å². The minimum absolute atomic E-state index is 0.0385. The van der Waals surface area contributed by atoms with E-state index in [9.17, 15) is 8.42 Å². The van der Waals surface area contributed by atoms with E-state index in [4.69, 9.17) is 21.1 Å². The van der Waals surface area contributed by atoms with Crippen LogP contribution in [0.25, 0.3) is 0 Å². The monoisotopic (exact) mass is 355 g/mol. The first-order chi connectivity index (χ1) is 11.0. The summed E-state index contributed by atoms with van der Waals surface area (Å²) < 4.78 is 38.0. The lowest BCUT2D eigenvalue weighted by molar-refractivity contribution is 0.105. The highest BCUT2D eigenvalue weighted by molar-refractivity contribution is 7.89. The Hall–Kier alpha value is -1.60. The molecule has 0 bridgehead atoms. The number of para-hydroxylation sites is 1. The lowest BCUT2D eigenvalue weighted by Gasteiger charge is -2.19. The van der Waals surface area contributed by atoms with Gasteiger partial charge in [0.15, 0.2) is 0 Å². The Balaban J connectivity index is 2.19. The van der Waals surface area contributed by atoms with E-state index in [2.05, 4.69) is 4.72 Å². The highest BCUT2D eigenvalue weighted by atomic mass is 35.5. The molecule has 0 saturated carbocycles. The van der Waals surface area contributed by atoms with Gasteiger partial charge < -0.3 is 9.47 Å². The second kappa shape index (κ2) is 7.79. The topological polar surface area (TPSA) is 64.6 Å². The van der Waals surface area contributed by atoms with Crippen LogP contribution in [0.4, 0.5) is 0 Å².